The van der Waals surface area contributed by atoms with Crippen molar-refractivity contribution in [1.29, 1.82) is 0 Å². The molecular formula is C23H28N2O3. The zero-order valence-corrected chi connectivity index (χ0v) is 16.4. The van der Waals surface area contributed by atoms with E-state index in [-0.39, 0.29) is 5.91 Å². The first-order valence-corrected chi connectivity index (χ1v) is 10.1. The molecule has 2 aromatic carbocycles. The molecule has 2 aliphatic heterocycles. The SMILES string of the molecule is COc1ccccc1CC(=O)N1CCC(NCc2ccc3c(c2)CCO3)CC1. The van der Waals surface area contributed by atoms with Gasteiger partial charge in [-0.15, -0.1) is 0 Å². The Morgan fingerprint density at radius 2 is 2.04 bits per heavy atom. The maximum Gasteiger partial charge on any atom is 0.227 e. The molecule has 5 heteroatoms. The number of likely N-dealkylation sites (tertiary alicyclic amines) is 1. The molecule has 148 valence electrons. The summed E-state index contributed by atoms with van der Waals surface area (Å²) in [5, 5.41) is 3.66. The van der Waals surface area contributed by atoms with Crippen LogP contribution >= 0.6 is 0 Å². The molecular weight excluding hydrogens is 352 g/mol. The summed E-state index contributed by atoms with van der Waals surface area (Å²) >= 11 is 0. The van der Waals surface area contributed by atoms with E-state index in [1.807, 2.05) is 29.2 Å². The first-order valence-electron chi connectivity index (χ1n) is 10.1. The molecule has 0 unspecified atom stereocenters. The second-order valence-electron chi connectivity index (χ2n) is 7.57. The van der Waals surface area contributed by atoms with Gasteiger partial charge in [0.2, 0.25) is 5.91 Å². The number of methoxy groups -OCH3 is 1. The molecule has 2 aliphatic rings. The molecule has 0 aromatic heterocycles. The third kappa shape index (κ3) is 4.30. The molecule has 0 bridgehead atoms. The van der Waals surface area contributed by atoms with E-state index >= 15 is 0 Å². The summed E-state index contributed by atoms with van der Waals surface area (Å²) in [4.78, 5) is 14.7. The van der Waals surface area contributed by atoms with Crippen LogP contribution in [0.5, 0.6) is 11.5 Å². The number of piperidine rings is 1. The lowest BCUT2D eigenvalue weighted by atomic mass is 10.0. The highest BCUT2D eigenvalue weighted by Gasteiger charge is 2.23. The molecule has 1 saturated heterocycles. The van der Waals surface area contributed by atoms with E-state index in [2.05, 4.69) is 23.5 Å². The largest absolute Gasteiger partial charge is 0.496 e. The number of carbonyl (C=O) groups excluding carboxylic acids is 1. The Balaban J connectivity index is 1.24. The molecule has 2 heterocycles. The minimum absolute atomic E-state index is 0.182. The van der Waals surface area contributed by atoms with E-state index in [9.17, 15) is 4.79 Å². The number of nitrogens with zero attached hydrogens (tertiary/aromatic N) is 1. The van der Waals surface area contributed by atoms with Gasteiger partial charge in [-0.05, 0) is 36.1 Å². The lowest BCUT2D eigenvalue weighted by molar-refractivity contribution is -0.131. The number of hydrogen-bond acceptors (Lipinski definition) is 4. The van der Waals surface area contributed by atoms with E-state index in [1.54, 1.807) is 7.11 Å². The average Bonchev–Trinajstić information content (AvgIpc) is 3.21. The molecule has 1 N–H and O–H groups in total. The highest BCUT2D eigenvalue weighted by molar-refractivity contribution is 5.79. The second kappa shape index (κ2) is 8.65. The number of rotatable bonds is 6. The molecule has 1 fully saturated rings. The van der Waals surface area contributed by atoms with Gasteiger partial charge < -0.3 is 19.7 Å². The number of carbonyl (C=O) groups is 1. The number of fused-ring (bicyclic) bond motifs is 1. The Hall–Kier alpha value is -2.53. The van der Waals surface area contributed by atoms with E-state index in [0.29, 0.717) is 12.5 Å². The third-order valence-electron chi connectivity index (χ3n) is 5.73. The predicted octanol–water partition coefficient (Wildman–Crippen LogP) is 2.95. The number of nitrogens with one attached hydrogen (secondary N) is 1. The smallest absolute Gasteiger partial charge is 0.227 e. The number of ether oxygens (including phenoxy) is 2. The average molecular weight is 380 g/mol. The van der Waals surface area contributed by atoms with E-state index in [0.717, 1.165) is 62.6 Å². The predicted molar refractivity (Wildman–Crippen MR) is 109 cm³/mol. The Bertz CT molecular complexity index is 828. The highest BCUT2D eigenvalue weighted by atomic mass is 16.5. The van der Waals surface area contributed by atoms with Crippen molar-refractivity contribution in [3.63, 3.8) is 0 Å². The lowest BCUT2D eigenvalue weighted by Crippen LogP contribution is -2.45. The second-order valence-corrected chi connectivity index (χ2v) is 7.57. The van der Waals surface area contributed by atoms with Crippen LogP contribution in [-0.4, -0.2) is 43.7 Å². The Labute approximate surface area is 166 Å². The van der Waals surface area contributed by atoms with Gasteiger partial charge in [-0.3, -0.25) is 4.79 Å². The summed E-state index contributed by atoms with van der Waals surface area (Å²) in [6, 6.07) is 14.7. The third-order valence-corrected chi connectivity index (χ3v) is 5.73. The van der Waals surface area contributed by atoms with Crippen LogP contribution in [0.25, 0.3) is 0 Å². The Morgan fingerprint density at radius 1 is 1.21 bits per heavy atom. The Morgan fingerprint density at radius 3 is 2.86 bits per heavy atom. The van der Waals surface area contributed by atoms with Crippen molar-refractivity contribution >= 4 is 5.91 Å². The van der Waals surface area contributed by atoms with Crippen LogP contribution in [0.15, 0.2) is 42.5 Å². The summed E-state index contributed by atoms with van der Waals surface area (Å²) in [6.45, 7) is 3.29. The molecule has 28 heavy (non-hydrogen) atoms. The van der Waals surface area contributed by atoms with Crippen molar-refractivity contribution in [2.24, 2.45) is 0 Å². The highest BCUT2D eigenvalue weighted by Crippen LogP contribution is 2.26. The van der Waals surface area contributed by atoms with Gasteiger partial charge >= 0.3 is 0 Å². The standard InChI is InChI=1S/C23H28N2O3/c1-27-21-5-3-2-4-18(21)15-23(26)25-11-8-20(9-12-25)24-16-17-6-7-22-19(14-17)10-13-28-22/h2-7,14,20,24H,8-13,15-16H2,1H3. The summed E-state index contributed by atoms with van der Waals surface area (Å²) in [7, 11) is 1.65. The zero-order valence-electron chi connectivity index (χ0n) is 16.4. The van der Waals surface area contributed by atoms with Gasteiger partial charge in [-0.1, -0.05) is 30.3 Å². The van der Waals surface area contributed by atoms with Crippen LogP contribution in [0, 0.1) is 0 Å². The molecule has 5 nitrogen and oxygen atoms in total. The lowest BCUT2D eigenvalue weighted by Gasteiger charge is -2.32. The van der Waals surface area contributed by atoms with Gasteiger partial charge in [0.15, 0.2) is 0 Å². The number of amides is 1. The van der Waals surface area contributed by atoms with Crippen LogP contribution in [0.3, 0.4) is 0 Å². The van der Waals surface area contributed by atoms with Crippen LogP contribution in [-0.2, 0) is 24.2 Å². The van der Waals surface area contributed by atoms with Gasteiger partial charge in [-0.2, -0.15) is 0 Å². The Kier molecular flexibility index (Phi) is 5.81. The molecule has 0 aliphatic carbocycles. The fourth-order valence-electron chi connectivity index (χ4n) is 4.07. The van der Waals surface area contributed by atoms with Gasteiger partial charge in [0, 0.05) is 37.7 Å². The van der Waals surface area contributed by atoms with Gasteiger partial charge in [-0.25, -0.2) is 0 Å². The molecule has 2 aromatic rings. The monoisotopic (exact) mass is 380 g/mol. The van der Waals surface area contributed by atoms with Crippen LogP contribution in [0.1, 0.15) is 29.5 Å². The number of benzene rings is 2. The summed E-state index contributed by atoms with van der Waals surface area (Å²) < 4.78 is 10.9. The first kappa shape index (κ1) is 18.8. The maximum absolute atomic E-state index is 12.7. The fraction of sp³-hybridized carbons (Fsp3) is 0.435. The van der Waals surface area contributed by atoms with Crippen molar-refractivity contribution in [3.8, 4) is 11.5 Å². The van der Waals surface area contributed by atoms with Crippen molar-refractivity contribution in [2.45, 2.75) is 38.3 Å². The molecule has 0 spiro atoms. The van der Waals surface area contributed by atoms with E-state index in [1.165, 1.54) is 11.1 Å². The van der Waals surface area contributed by atoms with Crippen molar-refractivity contribution in [2.75, 3.05) is 26.8 Å². The van der Waals surface area contributed by atoms with Gasteiger partial charge in [0.1, 0.15) is 11.5 Å². The summed E-state index contributed by atoms with van der Waals surface area (Å²) in [5.74, 6) is 2.00. The number of para-hydroxylation sites is 1. The quantitative estimate of drug-likeness (QED) is 0.837. The molecule has 0 saturated carbocycles. The van der Waals surface area contributed by atoms with Crippen LogP contribution < -0.4 is 14.8 Å². The van der Waals surface area contributed by atoms with E-state index < -0.39 is 0 Å². The molecule has 1 amide bonds. The fourth-order valence-corrected chi connectivity index (χ4v) is 4.07. The molecule has 0 atom stereocenters. The van der Waals surface area contributed by atoms with Crippen molar-refractivity contribution < 1.29 is 14.3 Å². The van der Waals surface area contributed by atoms with E-state index in [4.69, 9.17) is 9.47 Å². The van der Waals surface area contributed by atoms with Crippen molar-refractivity contribution in [1.82, 2.24) is 10.2 Å². The molecule has 4 rings (SSSR count). The minimum Gasteiger partial charge on any atom is -0.496 e. The normalized spacial score (nSPS) is 16.5. The van der Waals surface area contributed by atoms with Crippen LogP contribution in [0.2, 0.25) is 0 Å². The van der Waals surface area contributed by atoms with Gasteiger partial charge in [0.25, 0.3) is 0 Å². The molecule has 0 radical (unpaired) electrons. The van der Waals surface area contributed by atoms with Gasteiger partial charge in [0.05, 0.1) is 20.1 Å². The summed E-state index contributed by atoms with van der Waals surface area (Å²) in [5.41, 5.74) is 3.57. The van der Waals surface area contributed by atoms with Crippen LogP contribution in [0.4, 0.5) is 0 Å². The topological polar surface area (TPSA) is 50.8 Å². The maximum atomic E-state index is 12.7. The zero-order chi connectivity index (χ0) is 19.3. The first-order chi connectivity index (χ1) is 13.7. The minimum atomic E-state index is 0.182. The number of hydrogen-bond donors (Lipinski definition) is 1. The van der Waals surface area contributed by atoms with Crippen molar-refractivity contribution in [3.05, 3.63) is 59.2 Å². The summed E-state index contributed by atoms with van der Waals surface area (Å²) in [6.07, 6.45) is 3.40.